The average Bonchev–Trinajstić information content (AvgIpc) is 1.22. The van der Waals surface area contributed by atoms with Gasteiger partial charge in [-0.3, -0.25) is 37.3 Å². The van der Waals surface area contributed by atoms with Crippen LogP contribution in [0.15, 0.2) is 0 Å². The number of unbranched alkanes of at least 4 members (excludes halogenated alkanes) is 45. The van der Waals surface area contributed by atoms with Crippen molar-refractivity contribution in [2.75, 3.05) is 39.6 Å². The number of phosphoric ester groups is 2. The number of aliphatic hydroxyl groups excluding tert-OH is 1. The van der Waals surface area contributed by atoms with Crippen LogP contribution in [0.3, 0.4) is 0 Å². The summed E-state index contributed by atoms with van der Waals surface area (Å²) in [5.41, 5.74) is 0. The topological polar surface area (TPSA) is 237 Å². The molecule has 0 saturated heterocycles. The molecule has 3 N–H and O–H groups in total. The van der Waals surface area contributed by atoms with Crippen LogP contribution < -0.4 is 0 Å². The minimum atomic E-state index is -4.96. The fraction of sp³-hybridized carbons (Fsp3) is 0.949. The number of esters is 4. The first-order valence-corrected chi connectivity index (χ1v) is 43.6. The van der Waals surface area contributed by atoms with Crippen molar-refractivity contribution in [2.24, 2.45) is 11.8 Å². The van der Waals surface area contributed by atoms with E-state index >= 15 is 0 Å². The fourth-order valence-corrected chi connectivity index (χ4v) is 13.5. The minimum absolute atomic E-state index is 0.108. The van der Waals surface area contributed by atoms with Gasteiger partial charge in [-0.1, -0.05) is 356 Å². The van der Waals surface area contributed by atoms with Crippen molar-refractivity contribution in [1.29, 1.82) is 0 Å². The lowest BCUT2D eigenvalue weighted by atomic mass is 9.99. The zero-order valence-electron chi connectivity index (χ0n) is 63.4. The summed E-state index contributed by atoms with van der Waals surface area (Å²) in [5, 5.41) is 10.6. The van der Waals surface area contributed by atoms with Crippen molar-refractivity contribution >= 4 is 39.5 Å². The quantitative estimate of drug-likeness (QED) is 0.0222. The summed E-state index contributed by atoms with van der Waals surface area (Å²) >= 11 is 0. The smallest absolute Gasteiger partial charge is 0.462 e. The number of carbonyl (C=O) groups is 4. The first-order chi connectivity index (χ1) is 46.9. The second-order valence-corrected chi connectivity index (χ2v) is 31.5. The van der Waals surface area contributed by atoms with Crippen LogP contribution in [0.4, 0.5) is 0 Å². The largest absolute Gasteiger partial charge is 0.472 e. The van der Waals surface area contributed by atoms with Crippen molar-refractivity contribution < 1.29 is 80.2 Å². The Morgan fingerprint density at radius 2 is 0.495 bits per heavy atom. The zero-order chi connectivity index (χ0) is 71.4. The summed E-state index contributed by atoms with van der Waals surface area (Å²) in [6.45, 7) is 9.70. The molecule has 4 unspecified atom stereocenters. The van der Waals surface area contributed by atoms with Gasteiger partial charge in [-0.25, -0.2) is 9.13 Å². The Labute approximate surface area is 594 Å². The Balaban J connectivity index is 5.26. The van der Waals surface area contributed by atoms with Crippen LogP contribution in [-0.2, 0) is 65.4 Å². The van der Waals surface area contributed by atoms with Gasteiger partial charge in [0.1, 0.15) is 19.3 Å². The molecule has 0 bridgehead atoms. The molecule has 0 amide bonds. The Morgan fingerprint density at radius 3 is 0.732 bits per heavy atom. The lowest BCUT2D eigenvalue weighted by Crippen LogP contribution is -2.30. The third-order valence-corrected chi connectivity index (χ3v) is 20.8. The van der Waals surface area contributed by atoms with Crippen LogP contribution in [-0.4, -0.2) is 96.7 Å². The first kappa shape index (κ1) is 95.1. The highest BCUT2D eigenvalue weighted by atomic mass is 31.2. The number of aliphatic hydroxyl groups is 1. The molecule has 0 spiro atoms. The van der Waals surface area contributed by atoms with Gasteiger partial charge in [0.2, 0.25) is 0 Å². The maximum Gasteiger partial charge on any atom is 0.472 e. The molecule has 0 aliphatic heterocycles. The van der Waals surface area contributed by atoms with Crippen LogP contribution in [0.1, 0.15) is 408 Å². The predicted octanol–water partition coefficient (Wildman–Crippen LogP) is 23.1. The van der Waals surface area contributed by atoms with Crippen LogP contribution in [0.2, 0.25) is 0 Å². The molecule has 0 heterocycles. The van der Waals surface area contributed by atoms with Crippen LogP contribution >= 0.6 is 15.6 Å². The third-order valence-electron chi connectivity index (χ3n) is 18.9. The number of rotatable bonds is 77. The van der Waals surface area contributed by atoms with E-state index in [1.807, 2.05) is 0 Å². The molecule has 0 aliphatic rings. The Morgan fingerprint density at radius 1 is 0.289 bits per heavy atom. The van der Waals surface area contributed by atoms with E-state index in [2.05, 4.69) is 41.5 Å². The Hall–Kier alpha value is -1.94. The molecule has 0 saturated carbocycles. The standard InChI is InChI=1S/C78H152O17P2/c1-7-11-13-15-17-19-21-25-30-38-44-50-56-62-77(82)94-73(66-88-75(80)60-54-48-42-36-29-22-20-18-16-14-12-8-2)68-92-96(84,85)90-64-72(79)65-91-97(86,87)93-69-74(67-89-76(81)61-55-49-43-37-33-32-35-41-47-53-59-71(6)10-4)95-78(83)63-57-51-45-39-31-27-24-23-26-28-34-40-46-52-58-70(5)9-3/h70-74,79H,7-69H2,1-6H3,(H,84,85)(H,86,87)/t70?,71?,72-,73+,74+/m0/s1. The number of carbonyl (C=O) groups excluding carboxylic acids is 4. The number of hydrogen-bond donors (Lipinski definition) is 3. The minimum Gasteiger partial charge on any atom is -0.462 e. The number of hydrogen-bond acceptors (Lipinski definition) is 15. The summed E-state index contributed by atoms with van der Waals surface area (Å²) in [6, 6.07) is 0. The van der Waals surface area contributed by atoms with Gasteiger partial charge in [0.05, 0.1) is 26.4 Å². The van der Waals surface area contributed by atoms with Crippen molar-refractivity contribution in [1.82, 2.24) is 0 Å². The van der Waals surface area contributed by atoms with E-state index in [1.165, 1.54) is 225 Å². The highest BCUT2D eigenvalue weighted by Gasteiger charge is 2.30. The molecule has 0 aliphatic carbocycles. The van der Waals surface area contributed by atoms with Crippen molar-refractivity contribution in [3.8, 4) is 0 Å². The molecule has 0 fully saturated rings. The van der Waals surface area contributed by atoms with Gasteiger partial charge in [0, 0.05) is 25.7 Å². The third kappa shape index (κ3) is 69.5. The van der Waals surface area contributed by atoms with Crippen molar-refractivity contribution in [3.05, 3.63) is 0 Å². The summed E-state index contributed by atoms with van der Waals surface area (Å²) in [5.74, 6) is -0.454. The molecule has 576 valence electrons. The highest BCUT2D eigenvalue weighted by molar-refractivity contribution is 7.47. The van der Waals surface area contributed by atoms with Gasteiger partial charge in [0.25, 0.3) is 0 Å². The molecule has 97 heavy (non-hydrogen) atoms. The maximum atomic E-state index is 13.1. The molecule has 19 heteroatoms. The monoisotopic (exact) mass is 1420 g/mol. The summed E-state index contributed by atoms with van der Waals surface area (Å²) < 4.78 is 68.6. The van der Waals surface area contributed by atoms with Crippen LogP contribution in [0.25, 0.3) is 0 Å². The van der Waals surface area contributed by atoms with E-state index in [0.29, 0.717) is 25.7 Å². The molecular weight excluding hydrogens is 1270 g/mol. The molecule has 0 aromatic heterocycles. The molecule has 0 aromatic rings. The van der Waals surface area contributed by atoms with Gasteiger partial charge in [0.15, 0.2) is 12.2 Å². The van der Waals surface area contributed by atoms with E-state index in [0.717, 1.165) is 102 Å². The van der Waals surface area contributed by atoms with Crippen LogP contribution in [0.5, 0.6) is 0 Å². The average molecular weight is 1420 g/mol. The van der Waals surface area contributed by atoms with Gasteiger partial charge in [-0.2, -0.15) is 0 Å². The van der Waals surface area contributed by atoms with Crippen LogP contribution in [0, 0.1) is 11.8 Å². The van der Waals surface area contributed by atoms with E-state index in [4.69, 9.17) is 37.0 Å². The van der Waals surface area contributed by atoms with Gasteiger partial charge in [-0.15, -0.1) is 0 Å². The first-order valence-electron chi connectivity index (χ1n) is 40.6. The lowest BCUT2D eigenvalue weighted by Gasteiger charge is -2.21. The molecular formula is C78H152O17P2. The van der Waals surface area contributed by atoms with Gasteiger partial charge in [-0.05, 0) is 37.5 Å². The normalized spacial score (nSPS) is 14.5. The van der Waals surface area contributed by atoms with Gasteiger partial charge >= 0.3 is 39.5 Å². The lowest BCUT2D eigenvalue weighted by molar-refractivity contribution is -0.161. The Kier molecular flexibility index (Phi) is 68.4. The molecule has 0 aromatic carbocycles. The summed E-state index contributed by atoms with van der Waals surface area (Å²) in [7, 11) is -9.91. The highest BCUT2D eigenvalue weighted by Crippen LogP contribution is 2.45. The molecule has 17 nitrogen and oxygen atoms in total. The Bertz CT molecular complexity index is 1880. The van der Waals surface area contributed by atoms with Gasteiger partial charge < -0.3 is 33.8 Å². The SMILES string of the molecule is CCCCCCCCCCCCCCCC(=O)O[C@H](COC(=O)CCCCCCCCCCCCCC)COP(=O)(O)OC[C@H](O)COP(=O)(O)OC[C@@H](COC(=O)CCCCCCCCCCCCC(C)CC)OC(=O)CCCCCCCCCCCCCCCCC(C)CC. The van der Waals surface area contributed by atoms with E-state index in [1.54, 1.807) is 0 Å². The van der Waals surface area contributed by atoms with E-state index < -0.39 is 97.5 Å². The predicted molar refractivity (Wildman–Crippen MR) is 395 cm³/mol. The number of phosphoric acid groups is 2. The number of ether oxygens (including phenoxy) is 4. The summed E-state index contributed by atoms with van der Waals surface area (Å²) in [4.78, 5) is 72.9. The molecule has 0 rings (SSSR count). The van der Waals surface area contributed by atoms with Crippen molar-refractivity contribution in [2.45, 2.75) is 426 Å². The second kappa shape index (κ2) is 69.8. The molecule has 7 atom stereocenters. The summed E-state index contributed by atoms with van der Waals surface area (Å²) in [6.07, 6.45) is 57.9. The van der Waals surface area contributed by atoms with Crippen molar-refractivity contribution in [3.63, 3.8) is 0 Å². The maximum absolute atomic E-state index is 13.1. The second-order valence-electron chi connectivity index (χ2n) is 28.6. The fourth-order valence-electron chi connectivity index (χ4n) is 11.9. The van der Waals surface area contributed by atoms with E-state index in [9.17, 15) is 43.2 Å². The molecule has 0 radical (unpaired) electrons. The van der Waals surface area contributed by atoms with E-state index in [-0.39, 0.29) is 25.7 Å². The zero-order valence-corrected chi connectivity index (χ0v) is 65.2.